The quantitative estimate of drug-likeness (QED) is 0.572. The minimum atomic E-state index is -3.12. The standard InChI is InChI=1S/C13H27N3O3S/c1-12(2,20(5,17)18)9-15-11(14-4)16-10-13(3)7-6-8-19-13/h6-10H2,1-5H3,(H2,14,15,16). The molecule has 2 N–H and O–H groups in total. The number of hydrogen-bond donors (Lipinski definition) is 2. The van der Waals surface area contributed by atoms with Gasteiger partial charge in [0.2, 0.25) is 0 Å². The summed E-state index contributed by atoms with van der Waals surface area (Å²) in [4.78, 5) is 4.11. The van der Waals surface area contributed by atoms with Crippen molar-refractivity contribution in [3.05, 3.63) is 0 Å². The lowest BCUT2D eigenvalue weighted by Crippen LogP contribution is -2.50. The molecule has 0 aromatic rings. The first-order chi connectivity index (χ1) is 9.10. The average Bonchev–Trinajstić information content (AvgIpc) is 2.75. The lowest BCUT2D eigenvalue weighted by molar-refractivity contribution is 0.0243. The molecule has 0 saturated carbocycles. The van der Waals surface area contributed by atoms with E-state index in [-0.39, 0.29) is 5.60 Å². The largest absolute Gasteiger partial charge is 0.373 e. The molecular weight excluding hydrogens is 278 g/mol. The first-order valence-electron chi connectivity index (χ1n) is 6.88. The van der Waals surface area contributed by atoms with Gasteiger partial charge in [-0.2, -0.15) is 0 Å². The molecule has 6 nitrogen and oxygen atoms in total. The van der Waals surface area contributed by atoms with Gasteiger partial charge in [0.05, 0.1) is 10.3 Å². The van der Waals surface area contributed by atoms with Crippen LogP contribution in [0.4, 0.5) is 0 Å². The molecule has 1 fully saturated rings. The van der Waals surface area contributed by atoms with E-state index >= 15 is 0 Å². The van der Waals surface area contributed by atoms with Crippen molar-refractivity contribution in [3.8, 4) is 0 Å². The molecule has 20 heavy (non-hydrogen) atoms. The van der Waals surface area contributed by atoms with Crippen LogP contribution in [-0.4, -0.2) is 57.7 Å². The molecule has 7 heteroatoms. The molecule has 1 rings (SSSR count). The van der Waals surface area contributed by atoms with E-state index in [1.807, 2.05) is 0 Å². The van der Waals surface area contributed by atoms with Gasteiger partial charge in [-0.05, 0) is 33.6 Å². The molecule has 1 atom stereocenters. The minimum absolute atomic E-state index is 0.163. The Kier molecular flexibility index (Phi) is 5.43. The van der Waals surface area contributed by atoms with E-state index in [4.69, 9.17) is 4.74 Å². The van der Waals surface area contributed by atoms with Gasteiger partial charge in [-0.1, -0.05) is 0 Å². The van der Waals surface area contributed by atoms with Gasteiger partial charge in [-0.25, -0.2) is 8.42 Å². The van der Waals surface area contributed by atoms with Gasteiger partial charge in [0.1, 0.15) is 0 Å². The summed E-state index contributed by atoms with van der Waals surface area (Å²) < 4.78 is 28.2. The van der Waals surface area contributed by atoms with Crippen molar-refractivity contribution in [2.45, 2.75) is 44.0 Å². The fourth-order valence-corrected chi connectivity index (χ4v) is 2.23. The number of nitrogens with zero attached hydrogens (tertiary/aromatic N) is 1. The van der Waals surface area contributed by atoms with Crippen molar-refractivity contribution in [1.29, 1.82) is 0 Å². The van der Waals surface area contributed by atoms with Crippen molar-refractivity contribution in [3.63, 3.8) is 0 Å². The second kappa shape index (κ2) is 6.30. The maximum Gasteiger partial charge on any atom is 0.191 e. The van der Waals surface area contributed by atoms with Crippen LogP contribution < -0.4 is 10.6 Å². The van der Waals surface area contributed by atoms with Gasteiger partial charge < -0.3 is 15.4 Å². The summed E-state index contributed by atoms with van der Waals surface area (Å²) >= 11 is 0. The molecule has 0 radical (unpaired) electrons. The van der Waals surface area contributed by atoms with E-state index in [9.17, 15) is 8.42 Å². The Hall–Kier alpha value is -0.820. The highest BCUT2D eigenvalue weighted by Gasteiger charge is 2.31. The summed E-state index contributed by atoms with van der Waals surface area (Å²) in [5, 5.41) is 6.26. The zero-order valence-electron chi connectivity index (χ0n) is 13.1. The topological polar surface area (TPSA) is 79.8 Å². The molecule has 0 aromatic carbocycles. The molecular formula is C13H27N3O3S. The lowest BCUT2D eigenvalue weighted by Gasteiger charge is -2.27. The van der Waals surface area contributed by atoms with Gasteiger partial charge in [0.15, 0.2) is 15.8 Å². The van der Waals surface area contributed by atoms with Crippen molar-refractivity contribution in [2.75, 3.05) is 33.0 Å². The van der Waals surface area contributed by atoms with Crippen molar-refractivity contribution in [2.24, 2.45) is 4.99 Å². The third-order valence-electron chi connectivity index (χ3n) is 3.84. The first kappa shape index (κ1) is 17.2. The molecule has 0 aromatic heterocycles. The predicted octanol–water partition coefficient (Wildman–Crippen LogP) is 0.544. The molecule has 0 bridgehead atoms. The zero-order chi connectivity index (χ0) is 15.4. The fourth-order valence-electron chi connectivity index (χ4n) is 1.90. The highest BCUT2D eigenvalue weighted by molar-refractivity contribution is 7.92. The summed E-state index contributed by atoms with van der Waals surface area (Å²) in [5.74, 6) is 0.596. The van der Waals surface area contributed by atoms with Crippen LogP contribution in [0.15, 0.2) is 4.99 Å². The SMILES string of the molecule is CN=C(NCC1(C)CCCO1)NCC(C)(C)S(C)(=O)=O. The number of sulfone groups is 1. The van der Waals surface area contributed by atoms with Crippen LogP contribution in [0.25, 0.3) is 0 Å². The van der Waals surface area contributed by atoms with Gasteiger partial charge >= 0.3 is 0 Å². The summed E-state index contributed by atoms with van der Waals surface area (Å²) in [6.07, 6.45) is 3.34. The number of rotatable bonds is 5. The van der Waals surface area contributed by atoms with Crippen molar-refractivity contribution < 1.29 is 13.2 Å². The number of hydrogen-bond acceptors (Lipinski definition) is 4. The van der Waals surface area contributed by atoms with Crippen LogP contribution in [0, 0.1) is 0 Å². The Morgan fingerprint density at radius 3 is 2.50 bits per heavy atom. The Morgan fingerprint density at radius 2 is 2.05 bits per heavy atom. The fraction of sp³-hybridized carbons (Fsp3) is 0.923. The third-order valence-corrected chi connectivity index (χ3v) is 5.99. The van der Waals surface area contributed by atoms with Gasteiger partial charge in [0.25, 0.3) is 0 Å². The van der Waals surface area contributed by atoms with Crippen LogP contribution in [0.5, 0.6) is 0 Å². The molecule has 0 spiro atoms. The van der Waals surface area contributed by atoms with E-state index in [0.717, 1.165) is 19.4 Å². The summed E-state index contributed by atoms with van der Waals surface area (Å²) in [7, 11) is -1.45. The number of nitrogens with one attached hydrogen (secondary N) is 2. The molecule has 1 unspecified atom stereocenters. The second-order valence-electron chi connectivity index (χ2n) is 6.21. The number of guanidine groups is 1. The van der Waals surface area contributed by atoms with Gasteiger partial charge in [0, 0.05) is 33.0 Å². The Bertz CT molecular complexity index is 451. The summed E-state index contributed by atoms with van der Waals surface area (Å²) in [6.45, 7) is 7.23. The number of aliphatic imine (C=N–C) groups is 1. The normalized spacial score (nSPS) is 24.8. The Morgan fingerprint density at radius 1 is 1.40 bits per heavy atom. The smallest absolute Gasteiger partial charge is 0.191 e. The number of ether oxygens (including phenoxy) is 1. The lowest BCUT2D eigenvalue weighted by atomic mass is 10.0. The van der Waals surface area contributed by atoms with E-state index in [1.54, 1.807) is 20.9 Å². The van der Waals surface area contributed by atoms with Crippen LogP contribution in [0.1, 0.15) is 33.6 Å². The van der Waals surface area contributed by atoms with Crippen LogP contribution in [-0.2, 0) is 14.6 Å². The molecule has 1 saturated heterocycles. The second-order valence-corrected chi connectivity index (χ2v) is 8.86. The molecule has 1 heterocycles. The Balaban J connectivity index is 2.49. The highest BCUT2D eigenvalue weighted by Crippen LogP contribution is 2.23. The molecule has 1 aliphatic rings. The molecule has 1 aliphatic heterocycles. The molecule has 0 amide bonds. The maximum absolute atomic E-state index is 11.7. The van der Waals surface area contributed by atoms with Crippen molar-refractivity contribution >= 4 is 15.8 Å². The predicted molar refractivity (Wildman–Crippen MR) is 81.9 cm³/mol. The Labute approximate surface area is 122 Å². The van der Waals surface area contributed by atoms with Crippen LogP contribution >= 0.6 is 0 Å². The van der Waals surface area contributed by atoms with Crippen LogP contribution in [0.2, 0.25) is 0 Å². The monoisotopic (exact) mass is 305 g/mol. The van der Waals surface area contributed by atoms with Crippen molar-refractivity contribution in [1.82, 2.24) is 10.6 Å². The summed E-state index contributed by atoms with van der Waals surface area (Å²) in [6, 6.07) is 0. The first-order valence-corrected chi connectivity index (χ1v) is 8.77. The van der Waals surface area contributed by atoms with Crippen LogP contribution in [0.3, 0.4) is 0 Å². The van der Waals surface area contributed by atoms with Gasteiger partial charge in [-0.15, -0.1) is 0 Å². The average molecular weight is 305 g/mol. The molecule has 118 valence electrons. The maximum atomic E-state index is 11.7. The minimum Gasteiger partial charge on any atom is -0.373 e. The van der Waals surface area contributed by atoms with E-state index in [1.165, 1.54) is 6.26 Å². The zero-order valence-corrected chi connectivity index (χ0v) is 13.9. The highest BCUT2D eigenvalue weighted by atomic mass is 32.2. The van der Waals surface area contributed by atoms with E-state index in [2.05, 4.69) is 22.5 Å². The van der Waals surface area contributed by atoms with E-state index < -0.39 is 14.6 Å². The third kappa shape index (κ3) is 4.63. The van der Waals surface area contributed by atoms with E-state index in [0.29, 0.717) is 19.0 Å². The summed E-state index contributed by atoms with van der Waals surface area (Å²) in [5.41, 5.74) is -0.163. The van der Waals surface area contributed by atoms with Gasteiger partial charge in [-0.3, -0.25) is 4.99 Å². The molecule has 0 aliphatic carbocycles.